The largest absolute Gasteiger partial charge is 0.443 e. The van der Waals surface area contributed by atoms with Gasteiger partial charge in [0.2, 0.25) is 0 Å². The summed E-state index contributed by atoms with van der Waals surface area (Å²) in [6, 6.07) is 7.31. The van der Waals surface area contributed by atoms with Crippen LogP contribution >= 0.6 is 23.2 Å². The lowest BCUT2D eigenvalue weighted by Gasteiger charge is -2.20. The molecule has 0 aliphatic rings. The second-order valence-electron chi connectivity index (χ2n) is 5.26. The minimum Gasteiger partial charge on any atom is -0.443 e. The Hall–Kier alpha value is -1.19. The molecule has 0 saturated carbocycles. The summed E-state index contributed by atoms with van der Waals surface area (Å²) in [6.07, 6.45) is -0.466. The second kappa shape index (κ2) is 5.06. The molecule has 0 radical (unpaired) electrons. The maximum absolute atomic E-state index is 12.3. The average Bonchev–Trinajstić information content (AvgIpc) is 2.66. The van der Waals surface area contributed by atoms with Gasteiger partial charge in [-0.2, -0.15) is 0 Å². The van der Waals surface area contributed by atoms with Gasteiger partial charge in [0.05, 0.1) is 16.4 Å². The van der Waals surface area contributed by atoms with E-state index < -0.39 is 11.7 Å². The number of hydrogen-bond donors (Lipinski definition) is 0. The van der Waals surface area contributed by atoms with Gasteiger partial charge >= 0.3 is 6.09 Å². The monoisotopic (exact) mass is 299 g/mol. The van der Waals surface area contributed by atoms with Crippen LogP contribution in [0.4, 0.5) is 4.79 Å². The number of fused-ring (bicyclic) bond motifs is 1. The third-order valence-corrected chi connectivity index (χ3v) is 3.14. The van der Waals surface area contributed by atoms with Gasteiger partial charge in [-0.25, -0.2) is 9.36 Å². The van der Waals surface area contributed by atoms with E-state index in [1.54, 1.807) is 6.07 Å². The Labute approximate surface area is 122 Å². The van der Waals surface area contributed by atoms with Crippen molar-refractivity contribution >= 4 is 40.2 Å². The molecule has 0 fully saturated rings. The van der Waals surface area contributed by atoms with E-state index in [2.05, 4.69) is 0 Å². The van der Waals surface area contributed by atoms with Gasteiger partial charge in [-0.1, -0.05) is 23.7 Å². The van der Waals surface area contributed by atoms with Crippen LogP contribution in [-0.4, -0.2) is 16.3 Å². The maximum Gasteiger partial charge on any atom is 0.419 e. The number of aromatic nitrogens is 1. The predicted octanol–water partition coefficient (Wildman–Crippen LogP) is 4.82. The first-order valence-electron chi connectivity index (χ1n) is 5.91. The molecule has 0 saturated heterocycles. The Morgan fingerprint density at radius 3 is 2.63 bits per heavy atom. The molecule has 1 heterocycles. The Bertz CT molecular complexity index is 626. The zero-order valence-electron chi connectivity index (χ0n) is 11.0. The van der Waals surface area contributed by atoms with Crippen molar-refractivity contribution in [3.63, 3.8) is 0 Å². The third kappa shape index (κ3) is 2.88. The Kier molecular flexibility index (Phi) is 3.79. The van der Waals surface area contributed by atoms with Crippen LogP contribution in [0.2, 0.25) is 5.02 Å². The number of halogens is 2. The highest BCUT2D eigenvalue weighted by molar-refractivity contribution is 6.35. The summed E-state index contributed by atoms with van der Waals surface area (Å²) in [6.45, 7) is 5.45. The molecule has 1 aromatic heterocycles. The van der Waals surface area contributed by atoms with Gasteiger partial charge in [-0.05, 0) is 32.9 Å². The minimum absolute atomic E-state index is 0.213. The minimum atomic E-state index is -0.571. The Morgan fingerprint density at radius 1 is 1.37 bits per heavy atom. The van der Waals surface area contributed by atoms with E-state index in [4.69, 9.17) is 27.9 Å². The third-order valence-electron chi connectivity index (χ3n) is 2.56. The SMILES string of the molecule is CC(C)(C)OC(=O)n1c(CCl)cc2cccc(Cl)c21. The Balaban J connectivity index is 2.60. The van der Waals surface area contributed by atoms with Crippen LogP contribution in [-0.2, 0) is 10.6 Å². The molecule has 1 aromatic carbocycles. The lowest BCUT2D eigenvalue weighted by Crippen LogP contribution is -2.27. The number of para-hydroxylation sites is 1. The van der Waals surface area contributed by atoms with Crippen molar-refractivity contribution in [1.29, 1.82) is 0 Å². The molecule has 2 rings (SSSR count). The van der Waals surface area contributed by atoms with E-state index in [9.17, 15) is 4.79 Å². The first kappa shape index (κ1) is 14.2. The maximum atomic E-state index is 12.3. The molecular formula is C14H15Cl2NO2. The summed E-state index contributed by atoms with van der Waals surface area (Å²) in [5.74, 6) is 0.213. The first-order valence-corrected chi connectivity index (χ1v) is 6.83. The quantitative estimate of drug-likeness (QED) is 0.707. The van der Waals surface area contributed by atoms with E-state index in [1.807, 2.05) is 39.0 Å². The molecule has 0 spiro atoms. The highest BCUT2D eigenvalue weighted by atomic mass is 35.5. The van der Waals surface area contributed by atoms with Gasteiger partial charge in [-0.15, -0.1) is 11.6 Å². The lowest BCUT2D eigenvalue weighted by atomic mass is 10.2. The van der Waals surface area contributed by atoms with Crippen LogP contribution in [0.25, 0.3) is 10.9 Å². The number of carbonyl (C=O) groups is 1. The number of hydrogen-bond acceptors (Lipinski definition) is 2. The van der Waals surface area contributed by atoms with Crippen LogP contribution < -0.4 is 0 Å². The van der Waals surface area contributed by atoms with Crippen molar-refractivity contribution in [2.75, 3.05) is 0 Å². The summed E-state index contributed by atoms with van der Waals surface area (Å²) in [5, 5.41) is 1.37. The first-order chi connectivity index (χ1) is 8.83. The van der Waals surface area contributed by atoms with Crippen molar-refractivity contribution in [2.24, 2.45) is 0 Å². The van der Waals surface area contributed by atoms with E-state index in [-0.39, 0.29) is 5.88 Å². The average molecular weight is 300 g/mol. The molecule has 102 valence electrons. The zero-order chi connectivity index (χ0) is 14.2. The fourth-order valence-electron chi connectivity index (χ4n) is 1.89. The molecule has 0 aliphatic heterocycles. The van der Waals surface area contributed by atoms with Gasteiger partial charge in [0.15, 0.2) is 0 Å². The molecule has 0 N–H and O–H groups in total. The van der Waals surface area contributed by atoms with Gasteiger partial charge in [0, 0.05) is 11.1 Å². The van der Waals surface area contributed by atoms with Gasteiger partial charge < -0.3 is 4.74 Å². The fraction of sp³-hybridized carbons (Fsp3) is 0.357. The molecule has 3 nitrogen and oxygen atoms in total. The number of benzene rings is 1. The van der Waals surface area contributed by atoms with Gasteiger partial charge in [-0.3, -0.25) is 0 Å². The van der Waals surface area contributed by atoms with Crippen LogP contribution in [0.15, 0.2) is 24.3 Å². The fourth-order valence-corrected chi connectivity index (χ4v) is 2.35. The molecule has 2 aromatic rings. The summed E-state index contributed by atoms with van der Waals surface area (Å²) < 4.78 is 6.83. The number of ether oxygens (including phenoxy) is 1. The van der Waals surface area contributed by atoms with E-state index in [0.717, 1.165) is 5.39 Å². The normalized spacial score (nSPS) is 11.8. The zero-order valence-corrected chi connectivity index (χ0v) is 12.5. The van der Waals surface area contributed by atoms with Crippen LogP contribution in [0.3, 0.4) is 0 Å². The molecule has 0 aliphatic carbocycles. The molecule has 5 heteroatoms. The molecule has 0 bridgehead atoms. The summed E-state index contributed by atoms with van der Waals surface area (Å²) in [4.78, 5) is 12.3. The number of carbonyl (C=O) groups excluding carboxylic acids is 1. The standard InChI is InChI=1S/C14H15Cl2NO2/c1-14(2,3)19-13(18)17-10(8-15)7-9-5-4-6-11(16)12(9)17/h4-7H,8H2,1-3H3. The number of alkyl halides is 1. The Morgan fingerprint density at radius 2 is 2.05 bits per heavy atom. The molecule has 0 unspecified atom stereocenters. The van der Waals surface area contributed by atoms with Crippen molar-refractivity contribution in [2.45, 2.75) is 32.3 Å². The van der Waals surface area contributed by atoms with E-state index >= 15 is 0 Å². The number of nitrogens with zero attached hydrogens (tertiary/aromatic N) is 1. The molecule has 0 atom stereocenters. The smallest absolute Gasteiger partial charge is 0.419 e. The van der Waals surface area contributed by atoms with E-state index in [0.29, 0.717) is 16.2 Å². The van der Waals surface area contributed by atoms with Crippen LogP contribution in [0.5, 0.6) is 0 Å². The van der Waals surface area contributed by atoms with Gasteiger partial charge in [0.25, 0.3) is 0 Å². The molecule has 0 amide bonds. The van der Waals surface area contributed by atoms with Crippen molar-refractivity contribution in [1.82, 2.24) is 4.57 Å². The predicted molar refractivity (Wildman–Crippen MR) is 78.1 cm³/mol. The van der Waals surface area contributed by atoms with Gasteiger partial charge in [0.1, 0.15) is 5.60 Å². The molecular weight excluding hydrogens is 285 g/mol. The summed E-state index contributed by atoms with van der Waals surface area (Å²) in [7, 11) is 0. The highest BCUT2D eigenvalue weighted by Crippen LogP contribution is 2.28. The second-order valence-corrected chi connectivity index (χ2v) is 5.94. The number of rotatable bonds is 1. The lowest BCUT2D eigenvalue weighted by molar-refractivity contribution is 0.0541. The van der Waals surface area contributed by atoms with Crippen LogP contribution in [0, 0.1) is 0 Å². The van der Waals surface area contributed by atoms with Crippen molar-refractivity contribution in [3.05, 3.63) is 35.0 Å². The summed E-state index contributed by atoms with van der Waals surface area (Å²) >= 11 is 12.1. The summed E-state index contributed by atoms with van der Waals surface area (Å²) in [5.41, 5.74) is 0.728. The van der Waals surface area contributed by atoms with E-state index in [1.165, 1.54) is 4.57 Å². The topological polar surface area (TPSA) is 31.2 Å². The molecule has 19 heavy (non-hydrogen) atoms. The van der Waals surface area contributed by atoms with Crippen LogP contribution in [0.1, 0.15) is 26.5 Å². The van der Waals surface area contributed by atoms with Crippen molar-refractivity contribution < 1.29 is 9.53 Å². The van der Waals surface area contributed by atoms with Crippen molar-refractivity contribution in [3.8, 4) is 0 Å². The highest BCUT2D eigenvalue weighted by Gasteiger charge is 2.22.